The first-order chi connectivity index (χ1) is 15.6. The van der Waals surface area contributed by atoms with Crippen LogP contribution >= 0.6 is 0 Å². The minimum absolute atomic E-state index is 0.454. The molecule has 1 saturated heterocycles. The summed E-state index contributed by atoms with van der Waals surface area (Å²) in [7, 11) is 5.34. The van der Waals surface area contributed by atoms with Gasteiger partial charge in [0.15, 0.2) is 11.5 Å². The highest BCUT2D eigenvalue weighted by Crippen LogP contribution is 2.31. The largest absolute Gasteiger partial charge is 0.493 e. The Bertz CT molecular complexity index is 1030. The zero-order valence-electron chi connectivity index (χ0n) is 18.6. The van der Waals surface area contributed by atoms with Gasteiger partial charge in [0, 0.05) is 56.9 Å². The highest BCUT2D eigenvalue weighted by atomic mass is 16.5. The number of nitrogens with zero attached hydrogens (tertiary/aromatic N) is 6. The topological polar surface area (TPSA) is 101 Å². The van der Waals surface area contributed by atoms with E-state index < -0.39 is 0 Å². The van der Waals surface area contributed by atoms with Crippen molar-refractivity contribution in [2.24, 2.45) is 0 Å². The fourth-order valence-corrected chi connectivity index (χ4v) is 3.37. The van der Waals surface area contributed by atoms with Crippen LogP contribution in [-0.2, 0) is 6.54 Å². The Morgan fingerprint density at radius 3 is 2.44 bits per heavy atom. The number of piperazine rings is 1. The fraction of sp³-hybridized carbons (Fsp3) is 0.364. The summed E-state index contributed by atoms with van der Waals surface area (Å²) < 4.78 is 10.7. The highest BCUT2D eigenvalue weighted by Gasteiger charge is 2.19. The Labute approximate surface area is 187 Å². The molecule has 0 spiro atoms. The van der Waals surface area contributed by atoms with Crippen LogP contribution in [0.4, 0.5) is 23.5 Å². The predicted octanol–water partition coefficient (Wildman–Crippen LogP) is 2.39. The molecule has 1 aromatic carbocycles. The number of hydrogen-bond donors (Lipinski definition) is 2. The molecule has 1 aliphatic heterocycles. The number of methoxy groups -OCH3 is 2. The van der Waals surface area contributed by atoms with Crippen LogP contribution in [0.5, 0.6) is 11.5 Å². The van der Waals surface area contributed by atoms with Crippen LogP contribution in [0.25, 0.3) is 0 Å². The molecular formula is C22H28N8O2. The van der Waals surface area contributed by atoms with Crippen molar-refractivity contribution in [3.8, 4) is 11.5 Å². The standard InChI is InChI=1S/C22H28N8O2/c1-29-9-11-30(12-10-29)22-27-20(24-15-16-5-4-8-23-14-16)26-21(28-22)25-17-6-7-18(31-2)19(13-17)32-3/h4-8,13-14H,9-12,15H2,1-3H3,(H2,24,25,26,27,28). The minimum atomic E-state index is 0.454. The summed E-state index contributed by atoms with van der Waals surface area (Å²) in [5.41, 5.74) is 1.83. The van der Waals surface area contributed by atoms with Crippen molar-refractivity contribution in [2.45, 2.75) is 6.54 Å². The van der Waals surface area contributed by atoms with E-state index in [1.165, 1.54) is 0 Å². The van der Waals surface area contributed by atoms with E-state index in [1.54, 1.807) is 20.4 Å². The van der Waals surface area contributed by atoms with Gasteiger partial charge in [0.25, 0.3) is 0 Å². The summed E-state index contributed by atoms with van der Waals surface area (Å²) in [6.45, 7) is 4.21. The molecule has 0 bridgehead atoms. The van der Waals surface area contributed by atoms with E-state index >= 15 is 0 Å². The Morgan fingerprint density at radius 2 is 1.72 bits per heavy atom. The Hall–Kier alpha value is -3.66. The Balaban J connectivity index is 1.59. The molecule has 0 saturated carbocycles. The maximum absolute atomic E-state index is 5.41. The van der Waals surface area contributed by atoms with Gasteiger partial charge in [-0.15, -0.1) is 0 Å². The monoisotopic (exact) mass is 436 g/mol. The number of ether oxygens (including phenoxy) is 2. The molecule has 1 fully saturated rings. The fourth-order valence-electron chi connectivity index (χ4n) is 3.37. The van der Waals surface area contributed by atoms with Gasteiger partial charge in [-0.25, -0.2) is 0 Å². The van der Waals surface area contributed by atoms with Gasteiger partial charge in [-0.1, -0.05) is 6.07 Å². The molecule has 10 nitrogen and oxygen atoms in total. The molecule has 10 heteroatoms. The third-order valence-corrected chi connectivity index (χ3v) is 5.22. The first-order valence-corrected chi connectivity index (χ1v) is 10.5. The lowest BCUT2D eigenvalue weighted by atomic mass is 10.3. The molecule has 0 atom stereocenters. The van der Waals surface area contributed by atoms with Crippen molar-refractivity contribution in [3.05, 3.63) is 48.3 Å². The van der Waals surface area contributed by atoms with Crippen LogP contribution in [0, 0.1) is 0 Å². The zero-order valence-corrected chi connectivity index (χ0v) is 18.6. The van der Waals surface area contributed by atoms with Gasteiger partial charge in [-0.05, 0) is 30.8 Å². The third kappa shape index (κ3) is 5.33. The first-order valence-electron chi connectivity index (χ1n) is 10.5. The second kappa shape index (κ2) is 10.1. The number of likely N-dealkylation sites (N-methyl/N-ethyl adjacent to an activating group) is 1. The van der Waals surface area contributed by atoms with Crippen molar-refractivity contribution in [2.75, 3.05) is 63.0 Å². The minimum Gasteiger partial charge on any atom is -0.493 e. The number of benzene rings is 1. The quantitative estimate of drug-likeness (QED) is 0.547. The maximum Gasteiger partial charge on any atom is 0.233 e. The van der Waals surface area contributed by atoms with Crippen LogP contribution in [0.15, 0.2) is 42.7 Å². The Morgan fingerprint density at radius 1 is 0.938 bits per heavy atom. The summed E-state index contributed by atoms with van der Waals surface area (Å²) in [6, 6.07) is 9.49. The molecular weight excluding hydrogens is 408 g/mol. The number of hydrogen-bond acceptors (Lipinski definition) is 10. The Kier molecular flexibility index (Phi) is 6.81. The van der Waals surface area contributed by atoms with E-state index in [-0.39, 0.29) is 0 Å². The van der Waals surface area contributed by atoms with Crippen molar-refractivity contribution in [1.29, 1.82) is 0 Å². The average Bonchev–Trinajstić information content (AvgIpc) is 2.83. The van der Waals surface area contributed by atoms with Crippen molar-refractivity contribution in [3.63, 3.8) is 0 Å². The summed E-state index contributed by atoms with van der Waals surface area (Å²) in [6.07, 6.45) is 3.57. The lowest BCUT2D eigenvalue weighted by Gasteiger charge is -2.32. The summed E-state index contributed by atoms with van der Waals surface area (Å²) >= 11 is 0. The second-order valence-electron chi connectivity index (χ2n) is 7.48. The molecule has 2 aromatic heterocycles. The highest BCUT2D eigenvalue weighted by molar-refractivity contribution is 5.61. The number of aromatic nitrogens is 4. The van der Waals surface area contributed by atoms with E-state index in [0.29, 0.717) is 35.9 Å². The molecule has 3 heterocycles. The van der Waals surface area contributed by atoms with Crippen molar-refractivity contribution in [1.82, 2.24) is 24.8 Å². The molecule has 0 unspecified atom stereocenters. The predicted molar refractivity (Wildman–Crippen MR) is 124 cm³/mol. The van der Waals surface area contributed by atoms with Gasteiger partial charge in [-0.3, -0.25) is 4.98 Å². The van der Waals surface area contributed by atoms with Crippen LogP contribution in [-0.4, -0.2) is 72.3 Å². The van der Waals surface area contributed by atoms with Gasteiger partial charge < -0.3 is 29.9 Å². The van der Waals surface area contributed by atoms with E-state index in [4.69, 9.17) is 9.47 Å². The van der Waals surface area contributed by atoms with Crippen LogP contribution in [0.1, 0.15) is 5.56 Å². The number of pyridine rings is 1. The molecule has 4 rings (SSSR count). The number of anilines is 4. The molecule has 3 aromatic rings. The van der Waals surface area contributed by atoms with Gasteiger partial charge in [0.2, 0.25) is 17.8 Å². The van der Waals surface area contributed by atoms with E-state index in [0.717, 1.165) is 37.4 Å². The average molecular weight is 437 g/mol. The van der Waals surface area contributed by atoms with Crippen LogP contribution in [0.2, 0.25) is 0 Å². The van der Waals surface area contributed by atoms with Crippen molar-refractivity contribution >= 4 is 23.5 Å². The van der Waals surface area contributed by atoms with Gasteiger partial charge in [0.05, 0.1) is 14.2 Å². The normalized spacial score (nSPS) is 14.2. The van der Waals surface area contributed by atoms with Crippen LogP contribution in [0.3, 0.4) is 0 Å². The lowest BCUT2D eigenvalue weighted by Crippen LogP contribution is -2.45. The molecule has 168 valence electrons. The summed E-state index contributed by atoms with van der Waals surface area (Å²) in [4.78, 5) is 22.6. The van der Waals surface area contributed by atoms with Gasteiger partial charge >= 0.3 is 0 Å². The third-order valence-electron chi connectivity index (χ3n) is 5.22. The summed E-state index contributed by atoms with van der Waals surface area (Å²) in [5, 5.41) is 6.56. The second-order valence-corrected chi connectivity index (χ2v) is 7.48. The smallest absolute Gasteiger partial charge is 0.233 e. The van der Waals surface area contributed by atoms with E-state index in [1.807, 2.05) is 36.5 Å². The molecule has 0 aliphatic carbocycles. The van der Waals surface area contributed by atoms with Crippen LogP contribution < -0.4 is 25.0 Å². The molecule has 1 aliphatic rings. The van der Waals surface area contributed by atoms with E-state index in [2.05, 4.69) is 47.4 Å². The zero-order chi connectivity index (χ0) is 22.3. The number of nitrogens with one attached hydrogen (secondary N) is 2. The maximum atomic E-state index is 5.41. The molecule has 0 radical (unpaired) electrons. The number of rotatable bonds is 8. The molecule has 2 N–H and O–H groups in total. The van der Waals surface area contributed by atoms with Gasteiger partial charge in [0.1, 0.15) is 0 Å². The summed E-state index contributed by atoms with van der Waals surface area (Å²) in [5.74, 6) is 2.88. The van der Waals surface area contributed by atoms with Crippen molar-refractivity contribution < 1.29 is 9.47 Å². The SMILES string of the molecule is COc1ccc(Nc2nc(NCc3cccnc3)nc(N3CCN(C)CC3)n2)cc1OC. The van der Waals surface area contributed by atoms with E-state index in [9.17, 15) is 0 Å². The molecule has 0 amide bonds. The lowest BCUT2D eigenvalue weighted by molar-refractivity contribution is 0.311. The first kappa shape index (κ1) is 21.6. The van der Waals surface area contributed by atoms with Gasteiger partial charge in [-0.2, -0.15) is 15.0 Å². The molecule has 32 heavy (non-hydrogen) atoms.